The van der Waals surface area contributed by atoms with E-state index >= 15 is 0 Å². The van der Waals surface area contributed by atoms with Gasteiger partial charge < -0.3 is 14.2 Å². The Hall–Kier alpha value is -2.93. The molecule has 0 spiro atoms. The molecule has 1 amide bonds. The zero-order valence-electron chi connectivity index (χ0n) is 17.9. The summed E-state index contributed by atoms with van der Waals surface area (Å²) in [5, 5.41) is 5.27. The smallest absolute Gasteiger partial charge is 0.271 e. The van der Waals surface area contributed by atoms with Crippen LogP contribution in [0.5, 0.6) is 17.2 Å². The Morgan fingerprint density at radius 1 is 0.970 bits per heavy atom. The normalized spacial score (nSPS) is 10.8. The number of methoxy groups -OCH3 is 1. The molecule has 0 saturated heterocycles. The van der Waals surface area contributed by atoms with E-state index in [1.807, 2.05) is 19.1 Å². The molecule has 33 heavy (non-hydrogen) atoms. The van der Waals surface area contributed by atoms with Crippen LogP contribution in [0.4, 0.5) is 0 Å². The number of hydrogen-bond donors (Lipinski definition) is 1. The van der Waals surface area contributed by atoms with Gasteiger partial charge in [0.05, 0.1) is 30.0 Å². The van der Waals surface area contributed by atoms with E-state index in [0.717, 1.165) is 5.56 Å². The van der Waals surface area contributed by atoms with Crippen molar-refractivity contribution >= 4 is 46.9 Å². The van der Waals surface area contributed by atoms with Crippen LogP contribution in [0.25, 0.3) is 0 Å². The summed E-state index contributed by atoms with van der Waals surface area (Å²) in [6.07, 6.45) is 1.44. The van der Waals surface area contributed by atoms with E-state index < -0.39 is 5.91 Å². The third-order valence-corrected chi connectivity index (χ3v) is 5.24. The van der Waals surface area contributed by atoms with Gasteiger partial charge in [-0.05, 0) is 60.5 Å². The monoisotopic (exact) mass is 506 g/mol. The minimum Gasteiger partial charge on any atom is -0.493 e. The lowest BCUT2D eigenvalue weighted by molar-refractivity contribution is 0.0954. The molecule has 0 aliphatic carbocycles. The molecule has 3 rings (SSSR count). The second-order valence-corrected chi connectivity index (χ2v) is 7.98. The fourth-order valence-electron chi connectivity index (χ4n) is 2.84. The predicted molar refractivity (Wildman–Crippen MR) is 131 cm³/mol. The van der Waals surface area contributed by atoms with Crippen molar-refractivity contribution in [1.82, 2.24) is 5.43 Å². The van der Waals surface area contributed by atoms with Crippen molar-refractivity contribution in [1.29, 1.82) is 0 Å². The molecular formula is C24H21Cl3N2O4. The van der Waals surface area contributed by atoms with Gasteiger partial charge in [0.1, 0.15) is 6.61 Å². The highest BCUT2D eigenvalue weighted by Crippen LogP contribution is 2.34. The molecule has 9 heteroatoms. The standard InChI is InChI=1S/C24H21Cl3N2O4/c1-3-32-22-12-17(6-9-21(22)31-2)24(30)29-28-13-16-10-19(26)23(20(27)11-16)33-14-15-4-7-18(25)8-5-15/h4-13H,3,14H2,1-2H3,(H,29,30)/b28-13+. The van der Waals surface area contributed by atoms with Gasteiger partial charge in [-0.2, -0.15) is 5.10 Å². The fourth-order valence-corrected chi connectivity index (χ4v) is 3.58. The first-order valence-electron chi connectivity index (χ1n) is 9.91. The van der Waals surface area contributed by atoms with Crippen LogP contribution in [-0.4, -0.2) is 25.8 Å². The lowest BCUT2D eigenvalue weighted by Gasteiger charge is -2.11. The molecule has 0 bridgehead atoms. The first-order chi connectivity index (χ1) is 15.9. The van der Waals surface area contributed by atoms with Gasteiger partial charge in [0, 0.05) is 10.6 Å². The van der Waals surface area contributed by atoms with Crippen LogP contribution >= 0.6 is 34.8 Å². The summed E-state index contributed by atoms with van der Waals surface area (Å²) in [7, 11) is 1.53. The second kappa shape index (κ2) is 11.8. The molecule has 6 nitrogen and oxygen atoms in total. The summed E-state index contributed by atoms with van der Waals surface area (Å²) in [5.41, 5.74) is 4.35. The molecule has 0 fully saturated rings. The van der Waals surface area contributed by atoms with Crippen LogP contribution < -0.4 is 19.6 Å². The molecule has 0 atom stereocenters. The van der Waals surface area contributed by atoms with E-state index in [0.29, 0.717) is 50.1 Å². The highest BCUT2D eigenvalue weighted by atomic mass is 35.5. The molecule has 172 valence electrons. The van der Waals surface area contributed by atoms with E-state index in [1.165, 1.54) is 13.3 Å². The van der Waals surface area contributed by atoms with E-state index in [-0.39, 0.29) is 6.61 Å². The van der Waals surface area contributed by atoms with Crippen molar-refractivity contribution in [2.75, 3.05) is 13.7 Å². The van der Waals surface area contributed by atoms with E-state index in [2.05, 4.69) is 10.5 Å². The van der Waals surface area contributed by atoms with Gasteiger partial charge in [-0.15, -0.1) is 0 Å². The SMILES string of the molecule is CCOc1cc(C(=O)N/N=C/c2cc(Cl)c(OCc3ccc(Cl)cc3)c(Cl)c2)ccc1OC. The Kier molecular flexibility index (Phi) is 8.83. The summed E-state index contributed by atoms with van der Waals surface area (Å²) in [4.78, 5) is 12.4. The molecule has 0 aliphatic rings. The number of rotatable bonds is 9. The van der Waals surface area contributed by atoms with Gasteiger partial charge in [0.25, 0.3) is 5.91 Å². The highest BCUT2D eigenvalue weighted by Gasteiger charge is 2.12. The third kappa shape index (κ3) is 6.78. The number of carbonyl (C=O) groups is 1. The Morgan fingerprint density at radius 2 is 1.67 bits per heavy atom. The van der Waals surface area contributed by atoms with Crippen LogP contribution in [0.15, 0.2) is 59.7 Å². The van der Waals surface area contributed by atoms with E-state index in [9.17, 15) is 4.79 Å². The molecule has 0 radical (unpaired) electrons. The second-order valence-electron chi connectivity index (χ2n) is 6.73. The maximum atomic E-state index is 12.4. The predicted octanol–water partition coefficient (Wildman–Crippen LogP) is 6.40. The van der Waals surface area contributed by atoms with Crippen molar-refractivity contribution < 1.29 is 19.0 Å². The Balaban J connectivity index is 1.64. The molecule has 0 aromatic heterocycles. The number of benzene rings is 3. The lowest BCUT2D eigenvalue weighted by atomic mass is 10.2. The number of hydrazone groups is 1. The van der Waals surface area contributed by atoms with Crippen LogP contribution in [0.1, 0.15) is 28.4 Å². The Morgan fingerprint density at radius 3 is 2.30 bits per heavy atom. The number of nitrogens with zero attached hydrogens (tertiary/aromatic N) is 1. The quantitative estimate of drug-likeness (QED) is 0.269. The number of ether oxygens (including phenoxy) is 3. The van der Waals surface area contributed by atoms with Gasteiger partial charge in [-0.25, -0.2) is 5.43 Å². The summed E-state index contributed by atoms with van der Waals surface area (Å²) in [6, 6.07) is 15.4. The minimum atomic E-state index is -0.407. The van der Waals surface area contributed by atoms with Crippen molar-refractivity contribution in [2.24, 2.45) is 5.10 Å². The summed E-state index contributed by atoms with van der Waals surface area (Å²) in [5.74, 6) is 0.968. The van der Waals surface area contributed by atoms with Crippen molar-refractivity contribution in [2.45, 2.75) is 13.5 Å². The van der Waals surface area contributed by atoms with Gasteiger partial charge in [-0.1, -0.05) is 46.9 Å². The number of halogens is 3. The highest BCUT2D eigenvalue weighted by molar-refractivity contribution is 6.37. The van der Waals surface area contributed by atoms with Gasteiger partial charge in [0.2, 0.25) is 0 Å². The molecule has 1 N–H and O–H groups in total. The Bertz CT molecular complexity index is 1130. The van der Waals surface area contributed by atoms with Gasteiger partial charge in [-0.3, -0.25) is 4.79 Å². The molecule has 0 heterocycles. The van der Waals surface area contributed by atoms with Gasteiger partial charge in [0.15, 0.2) is 17.2 Å². The van der Waals surface area contributed by atoms with Crippen LogP contribution in [0.2, 0.25) is 15.1 Å². The zero-order valence-corrected chi connectivity index (χ0v) is 20.2. The molecular weight excluding hydrogens is 487 g/mol. The first-order valence-corrected chi connectivity index (χ1v) is 11.0. The molecule has 0 saturated carbocycles. The fraction of sp³-hybridized carbons (Fsp3) is 0.167. The topological polar surface area (TPSA) is 69.2 Å². The molecule has 0 aliphatic heterocycles. The van der Waals surface area contributed by atoms with Crippen molar-refractivity contribution in [3.05, 3.63) is 86.4 Å². The zero-order chi connectivity index (χ0) is 23.8. The van der Waals surface area contributed by atoms with Crippen molar-refractivity contribution in [3.8, 4) is 17.2 Å². The molecule has 3 aromatic rings. The minimum absolute atomic E-state index is 0.283. The molecule has 0 unspecified atom stereocenters. The summed E-state index contributed by atoms with van der Waals surface area (Å²) < 4.78 is 16.5. The number of hydrogen-bond acceptors (Lipinski definition) is 5. The number of carbonyl (C=O) groups excluding carboxylic acids is 1. The van der Waals surface area contributed by atoms with Crippen LogP contribution in [-0.2, 0) is 6.61 Å². The average molecular weight is 508 g/mol. The van der Waals surface area contributed by atoms with Crippen molar-refractivity contribution in [3.63, 3.8) is 0 Å². The average Bonchev–Trinajstić information content (AvgIpc) is 2.80. The maximum absolute atomic E-state index is 12.4. The van der Waals surface area contributed by atoms with E-state index in [1.54, 1.807) is 42.5 Å². The first kappa shape index (κ1) is 24.7. The number of nitrogens with one attached hydrogen (secondary N) is 1. The van der Waals surface area contributed by atoms with Crippen LogP contribution in [0.3, 0.4) is 0 Å². The molecule has 3 aromatic carbocycles. The van der Waals surface area contributed by atoms with E-state index in [4.69, 9.17) is 49.0 Å². The van der Waals surface area contributed by atoms with Gasteiger partial charge >= 0.3 is 0 Å². The van der Waals surface area contributed by atoms with Crippen LogP contribution in [0, 0.1) is 0 Å². The number of amides is 1. The summed E-state index contributed by atoms with van der Waals surface area (Å²) >= 11 is 18.6. The lowest BCUT2D eigenvalue weighted by Crippen LogP contribution is -2.17. The Labute approximate surface area is 207 Å². The maximum Gasteiger partial charge on any atom is 0.271 e. The third-order valence-electron chi connectivity index (χ3n) is 4.42. The largest absolute Gasteiger partial charge is 0.493 e. The summed E-state index contributed by atoms with van der Waals surface area (Å²) in [6.45, 7) is 2.58.